The van der Waals surface area contributed by atoms with Gasteiger partial charge in [-0.15, -0.1) is 0 Å². The number of carboxylic acids is 1. The molecule has 25 heavy (non-hydrogen) atoms. The van der Waals surface area contributed by atoms with Crippen molar-refractivity contribution in [1.82, 2.24) is 9.78 Å². The first kappa shape index (κ1) is 18.7. The molecule has 9 heteroatoms. The molecule has 2 aromatic rings. The molecule has 1 amide bonds. The van der Waals surface area contributed by atoms with Crippen LogP contribution in [0.4, 0.5) is 5.69 Å². The van der Waals surface area contributed by atoms with Crippen molar-refractivity contribution in [3.63, 3.8) is 0 Å². The fraction of sp³-hybridized carbons (Fsp3) is 0.312. The Kier molecular flexibility index (Phi) is 4.98. The van der Waals surface area contributed by atoms with Crippen molar-refractivity contribution >= 4 is 27.4 Å². The maximum atomic E-state index is 12.2. The van der Waals surface area contributed by atoms with E-state index >= 15 is 0 Å². The molecule has 2 N–H and O–H groups in total. The molecule has 0 aliphatic heterocycles. The number of aromatic nitrogens is 2. The van der Waals surface area contributed by atoms with Crippen LogP contribution < -0.4 is 5.32 Å². The maximum Gasteiger partial charge on any atom is 0.331 e. The molecule has 0 aliphatic carbocycles. The predicted octanol–water partition coefficient (Wildman–Crippen LogP) is 1.50. The van der Waals surface area contributed by atoms with E-state index in [4.69, 9.17) is 0 Å². The molecule has 0 fully saturated rings. The minimum atomic E-state index is -3.14. The normalized spacial score (nSPS) is 12.0. The van der Waals surface area contributed by atoms with Crippen LogP contribution in [0.1, 0.15) is 29.8 Å². The summed E-state index contributed by atoms with van der Waals surface area (Å²) < 4.78 is 23.8. The van der Waals surface area contributed by atoms with Crippen LogP contribution in [-0.2, 0) is 25.9 Å². The van der Waals surface area contributed by atoms with Crippen LogP contribution in [0.5, 0.6) is 0 Å². The minimum Gasteiger partial charge on any atom is -0.479 e. The summed E-state index contributed by atoms with van der Waals surface area (Å²) >= 11 is 0. The fourth-order valence-electron chi connectivity index (χ4n) is 2.05. The summed E-state index contributed by atoms with van der Waals surface area (Å²) in [6.07, 6.45) is 3.94. The lowest BCUT2D eigenvalue weighted by Crippen LogP contribution is -2.35. The van der Waals surface area contributed by atoms with Crippen molar-refractivity contribution in [2.45, 2.75) is 25.1 Å². The molecule has 0 atom stereocenters. The molecule has 1 aromatic heterocycles. The van der Waals surface area contributed by atoms with Crippen LogP contribution >= 0.6 is 0 Å². The van der Waals surface area contributed by atoms with Gasteiger partial charge in [0.25, 0.3) is 5.91 Å². The summed E-state index contributed by atoms with van der Waals surface area (Å²) in [4.78, 5) is 23.4. The van der Waals surface area contributed by atoms with Gasteiger partial charge in [0.2, 0.25) is 0 Å². The molecule has 1 aromatic carbocycles. The van der Waals surface area contributed by atoms with E-state index in [0.717, 1.165) is 6.26 Å². The quantitative estimate of drug-likeness (QED) is 0.801. The highest BCUT2D eigenvalue weighted by Crippen LogP contribution is 2.18. The second-order valence-electron chi connectivity index (χ2n) is 6.26. The highest BCUT2D eigenvalue weighted by atomic mass is 32.2. The third kappa shape index (κ3) is 4.66. The summed E-state index contributed by atoms with van der Waals surface area (Å²) in [6.45, 7) is 2.99. The summed E-state index contributed by atoms with van der Waals surface area (Å²) in [6, 6.07) is 6.21. The van der Waals surface area contributed by atoms with Gasteiger partial charge in [-0.2, -0.15) is 5.10 Å². The number of carboxylic acid groups (broad SMARTS) is 1. The van der Waals surface area contributed by atoms with E-state index in [1.54, 1.807) is 12.1 Å². The van der Waals surface area contributed by atoms with Crippen molar-refractivity contribution < 1.29 is 23.1 Å². The third-order valence-electron chi connectivity index (χ3n) is 3.58. The number of nitrogens with zero attached hydrogens (tertiary/aromatic N) is 2. The third-order valence-corrected chi connectivity index (χ3v) is 4.44. The van der Waals surface area contributed by atoms with Gasteiger partial charge in [0.05, 0.1) is 17.6 Å². The predicted molar refractivity (Wildman–Crippen MR) is 92.1 cm³/mol. The fourth-order valence-corrected chi connectivity index (χ4v) is 2.85. The van der Waals surface area contributed by atoms with Crippen LogP contribution in [0.2, 0.25) is 0 Å². The average molecular weight is 365 g/mol. The number of hydrogen-bond donors (Lipinski definition) is 2. The van der Waals surface area contributed by atoms with E-state index in [1.807, 2.05) is 0 Å². The first-order chi connectivity index (χ1) is 11.5. The molecular formula is C16H19N3O5S. The van der Waals surface area contributed by atoms with Crippen molar-refractivity contribution in [2.24, 2.45) is 0 Å². The number of nitrogens with one attached hydrogen (secondary N) is 1. The second-order valence-corrected chi connectivity index (χ2v) is 8.40. The van der Waals surface area contributed by atoms with Crippen molar-refractivity contribution in [3.8, 4) is 0 Å². The monoisotopic (exact) mass is 365 g/mol. The van der Waals surface area contributed by atoms with E-state index in [-0.39, 0.29) is 5.75 Å². The highest BCUT2D eigenvalue weighted by molar-refractivity contribution is 7.89. The van der Waals surface area contributed by atoms with Crippen LogP contribution in [0, 0.1) is 0 Å². The molecule has 2 rings (SSSR count). The molecule has 8 nitrogen and oxygen atoms in total. The van der Waals surface area contributed by atoms with Gasteiger partial charge in [-0.3, -0.25) is 9.48 Å². The van der Waals surface area contributed by atoms with E-state index in [0.29, 0.717) is 16.8 Å². The van der Waals surface area contributed by atoms with Crippen molar-refractivity contribution in [2.75, 3.05) is 11.6 Å². The number of aliphatic carboxylic acids is 1. The van der Waals surface area contributed by atoms with Crippen LogP contribution in [0.3, 0.4) is 0 Å². The standard InChI is InChI=1S/C16H19N3O5S/c1-16(2,15(21)22)19-9-13(8-17-19)18-14(20)12-6-4-11(5-7-12)10-25(3,23)24/h4-9H,10H2,1-3H3,(H,18,20)(H,21,22). The number of sulfone groups is 1. The number of carbonyl (C=O) groups is 2. The summed E-state index contributed by atoms with van der Waals surface area (Å²) in [7, 11) is -3.14. The number of amides is 1. The lowest BCUT2D eigenvalue weighted by atomic mass is 10.1. The highest BCUT2D eigenvalue weighted by Gasteiger charge is 2.30. The average Bonchev–Trinajstić information content (AvgIpc) is 2.95. The molecule has 1 heterocycles. The Labute approximate surface area is 145 Å². The summed E-state index contributed by atoms with van der Waals surface area (Å²) in [5, 5.41) is 15.8. The van der Waals surface area contributed by atoms with E-state index < -0.39 is 27.3 Å². The Morgan fingerprint density at radius 2 is 1.84 bits per heavy atom. The molecule has 0 bridgehead atoms. The number of rotatable bonds is 6. The van der Waals surface area contributed by atoms with Crippen LogP contribution in [0.25, 0.3) is 0 Å². The zero-order valence-corrected chi connectivity index (χ0v) is 14.9. The first-order valence-electron chi connectivity index (χ1n) is 7.35. The lowest BCUT2D eigenvalue weighted by Gasteiger charge is -2.19. The summed E-state index contributed by atoms with van der Waals surface area (Å²) in [5.74, 6) is -1.54. The van der Waals surface area contributed by atoms with E-state index in [2.05, 4.69) is 10.4 Å². The SMILES string of the molecule is CC(C)(C(=O)O)n1cc(NC(=O)c2ccc(CS(C)(=O)=O)cc2)cn1. The Bertz CT molecular complexity index is 898. The summed E-state index contributed by atoms with van der Waals surface area (Å²) in [5.41, 5.74) is 0.0631. The molecule has 134 valence electrons. The van der Waals surface area contributed by atoms with Gasteiger partial charge in [0.15, 0.2) is 15.4 Å². The van der Waals surface area contributed by atoms with Gasteiger partial charge >= 0.3 is 5.97 Å². The molecule has 0 unspecified atom stereocenters. The molecular weight excluding hydrogens is 346 g/mol. The van der Waals surface area contributed by atoms with Gasteiger partial charge in [-0.25, -0.2) is 13.2 Å². The Hall–Kier alpha value is -2.68. The largest absolute Gasteiger partial charge is 0.479 e. The molecule has 0 radical (unpaired) electrons. The first-order valence-corrected chi connectivity index (χ1v) is 9.41. The number of hydrogen-bond acceptors (Lipinski definition) is 5. The number of carbonyl (C=O) groups excluding carboxylic acids is 1. The van der Waals surface area contributed by atoms with Crippen molar-refractivity contribution in [3.05, 3.63) is 47.8 Å². The van der Waals surface area contributed by atoms with Gasteiger partial charge in [0.1, 0.15) is 0 Å². The molecule has 0 saturated heterocycles. The Balaban J connectivity index is 2.10. The zero-order valence-electron chi connectivity index (χ0n) is 14.1. The van der Waals surface area contributed by atoms with Crippen LogP contribution in [-0.4, -0.2) is 41.4 Å². The van der Waals surface area contributed by atoms with E-state index in [9.17, 15) is 23.1 Å². The van der Waals surface area contributed by atoms with Crippen molar-refractivity contribution in [1.29, 1.82) is 0 Å². The number of benzene rings is 1. The number of anilines is 1. The lowest BCUT2D eigenvalue weighted by molar-refractivity contribution is -0.146. The maximum absolute atomic E-state index is 12.2. The molecule has 0 saturated carbocycles. The van der Waals surface area contributed by atoms with E-state index in [1.165, 1.54) is 43.1 Å². The zero-order chi connectivity index (χ0) is 18.8. The molecule has 0 spiro atoms. The van der Waals surface area contributed by atoms with Crippen LogP contribution in [0.15, 0.2) is 36.7 Å². The topological polar surface area (TPSA) is 118 Å². The van der Waals surface area contributed by atoms with Gasteiger partial charge in [-0.1, -0.05) is 12.1 Å². The minimum absolute atomic E-state index is 0.0913. The van der Waals surface area contributed by atoms with Gasteiger partial charge in [-0.05, 0) is 31.5 Å². The smallest absolute Gasteiger partial charge is 0.331 e. The Morgan fingerprint density at radius 1 is 1.24 bits per heavy atom. The van der Waals surface area contributed by atoms with Gasteiger partial charge < -0.3 is 10.4 Å². The second kappa shape index (κ2) is 6.67. The Morgan fingerprint density at radius 3 is 2.36 bits per heavy atom. The molecule has 0 aliphatic rings. The van der Waals surface area contributed by atoms with Gasteiger partial charge in [0, 0.05) is 18.0 Å².